The summed E-state index contributed by atoms with van der Waals surface area (Å²) < 4.78 is 5.75. The Morgan fingerprint density at radius 3 is 2.19 bits per heavy atom. The summed E-state index contributed by atoms with van der Waals surface area (Å²) in [6, 6.07) is 17.1. The van der Waals surface area contributed by atoms with Crippen LogP contribution in [0.2, 0.25) is 0 Å². The molecule has 1 aliphatic rings. The Kier molecular flexibility index (Phi) is 12.2. The number of unbranched alkanes of at least 4 members (excludes halogenated alkanes) is 6. The molecule has 0 aromatic heterocycles. The topological polar surface area (TPSA) is 50.1 Å². The standard InChI is InChI=1S/C34H47NO2/c1-4-5-6-7-8-9-10-11-28-16-23-33(32(24-28)25-35)37-34(36)31-21-19-30(20-22-31)29-17-14-27(15-18-29)13-12-26(2)3/h14-18,23-24,26,30-31H,4-13,19-22H2,1-3H3. The molecule has 0 atom stereocenters. The SMILES string of the molecule is CCCCCCCCCc1ccc(OC(=O)C2CCC(c3ccc(CCC(C)C)cc3)CC2)c(C#N)c1. The first-order valence-corrected chi connectivity index (χ1v) is 14.8. The van der Waals surface area contributed by atoms with E-state index >= 15 is 0 Å². The van der Waals surface area contributed by atoms with Gasteiger partial charge in [0.1, 0.15) is 11.8 Å². The Bertz CT molecular complexity index is 993. The molecule has 200 valence electrons. The smallest absolute Gasteiger partial charge is 0.314 e. The van der Waals surface area contributed by atoms with Gasteiger partial charge in [-0.15, -0.1) is 0 Å². The van der Waals surface area contributed by atoms with Gasteiger partial charge < -0.3 is 4.74 Å². The lowest BCUT2D eigenvalue weighted by Crippen LogP contribution is -2.25. The van der Waals surface area contributed by atoms with Crippen molar-refractivity contribution in [2.24, 2.45) is 11.8 Å². The number of hydrogen-bond donors (Lipinski definition) is 0. The van der Waals surface area contributed by atoms with E-state index in [1.165, 1.54) is 56.1 Å². The van der Waals surface area contributed by atoms with Crippen LogP contribution < -0.4 is 4.74 Å². The third-order valence-electron chi connectivity index (χ3n) is 7.97. The van der Waals surface area contributed by atoms with Crippen LogP contribution in [-0.4, -0.2) is 5.97 Å². The summed E-state index contributed by atoms with van der Waals surface area (Å²) in [6.45, 7) is 6.78. The fraction of sp³-hybridized carbons (Fsp3) is 0.588. The third kappa shape index (κ3) is 9.66. The van der Waals surface area contributed by atoms with Gasteiger partial charge in [-0.2, -0.15) is 5.26 Å². The lowest BCUT2D eigenvalue weighted by Gasteiger charge is -2.27. The van der Waals surface area contributed by atoms with Gasteiger partial charge in [-0.1, -0.05) is 89.6 Å². The molecule has 0 amide bonds. The molecule has 0 aliphatic heterocycles. The molecule has 0 heterocycles. The number of aryl methyl sites for hydroxylation is 2. The predicted molar refractivity (Wildman–Crippen MR) is 153 cm³/mol. The van der Waals surface area contributed by atoms with E-state index in [9.17, 15) is 10.1 Å². The zero-order valence-corrected chi connectivity index (χ0v) is 23.4. The van der Waals surface area contributed by atoms with Gasteiger partial charge in [-0.05, 0) is 92.0 Å². The second kappa shape index (κ2) is 15.6. The molecule has 0 radical (unpaired) electrons. The fourth-order valence-electron chi connectivity index (χ4n) is 5.46. The van der Waals surface area contributed by atoms with Crippen molar-refractivity contribution in [3.05, 3.63) is 64.7 Å². The van der Waals surface area contributed by atoms with Gasteiger partial charge in [-0.3, -0.25) is 4.79 Å². The van der Waals surface area contributed by atoms with E-state index in [4.69, 9.17) is 4.74 Å². The van der Waals surface area contributed by atoms with E-state index in [2.05, 4.69) is 51.1 Å². The third-order valence-corrected chi connectivity index (χ3v) is 7.97. The van der Waals surface area contributed by atoms with Gasteiger partial charge in [0.05, 0.1) is 11.5 Å². The van der Waals surface area contributed by atoms with Gasteiger partial charge in [0.15, 0.2) is 0 Å². The van der Waals surface area contributed by atoms with Gasteiger partial charge in [0.2, 0.25) is 0 Å². The molecule has 3 nitrogen and oxygen atoms in total. The molecule has 0 unspecified atom stereocenters. The van der Waals surface area contributed by atoms with Crippen LogP contribution in [0, 0.1) is 23.2 Å². The quantitative estimate of drug-likeness (QED) is 0.147. The van der Waals surface area contributed by atoms with E-state index in [1.54, 1.807) is 0 Å². The maximum absolute atomic E-state index is 12.9. The summed E-state index contributed by atoms with van der Waals surface area (Å²) in [5.41, 5.74) is 4.43. The second-order valence-corrected chi connectivity index (χ2v) is 11.5. The van der Waals surface area contributed by atoms with Crippen LogP contribution in [0.1, 0.15) is 126 Å². The van der Waals surface area contributed by atoms with Crippen molar-refractivity contribution >= 4 is 5.97 Å². The van der Waals surface area contributed by atoms with Crippen LogP contribution in [0.5, 0.6) is 5.75 Å². The first-order chi connectivity index (χ1) is 18.0. The lowest BCUT2D eigenvalue weighted by molar-refractivity contribution is -0.140. The Labute approximate surface area is 225 Å². The van der Waals surface area contributed by atoms with Crippen LogP contribution in [-0.2, 0) is 17.6 Å². The number of nitrogens with zero attached hydrogens (tertiary/aromatic N) is 1. The maximum Gasteiger partial charge on any atom is 0.314 e. The fourth-order valence-corrected chi connectivity index (χ4v) is 5.46. The van der Waals surface area contributed by atoms with Crippen molar-refractivity contribution in [2.75, 3.05) is 0 Å². The number of ether oxygens (including phenoxy) is 1. The summed E-state index contributed by atoms with van der Waals surface area (Å²) in [5.74, 6) is 1.39. The van der Waals surface area contributed by atoms with E-state index in [1.807, 2.05) is 18.2 Å². The minimum atomic E-state index is -0.182. The Morgan fingerprint density at radius 1 is 0.892 bits per heavy atom. The molecule has 3 rings (SSSR count). The highest BCUT2D eigenvalue weighted by Gasteiger charge is 2.29. The molecule has 2 aromatic carbocycles. The monoisotopic (exact) mass is 501 g/mol. The van der Waals surface area contributed by atoms with Crippen LogP contribution in [0.15, 0.2) is 42.5 Å². The van der Waals surface area contributed by atoms with Crippen molar-refractivity contribution in [3.8, 4) is 11.8 Å². The lowest BCUT2D eigenvalue weighted by atomic mass is 9.78. The summed E-state index contributed by atoms with van der Waals surface area (Å²) in [4.78, 5) is 12.9. The molecule has 1 fully saturated rings. The molecule has 0 N–H and O–H groups in total. The summed E-state index contributed by atoms with van der Waals surface area (Å²) in [5, 5.41) is 9.66. The summed E-state index contributed by atoms with van der Waals surface area (Å²) in [7, 11) is 0. The molecule has 1 saturated carbocycles. The highest BCUT2D eigenvalue weighted by Crippen LogP contribution is 2.37. The predicted octanol–water partition coefficient (Wildman–Crippen LogP) is 9.32. The van der Waals surface area contributed by atoms with Crippen molar-refractivity contribution in [3.63, 3.8) is 0 Å². The normalized spacial score (nSPS) is 17.5. The number of carbonyl (C=O) groups is 1. The molecule has 2 aromatic rings. The van der Waals surface area contributed by atoms with Crippen LogP contribution in [0.25, 0.3) is 0 Å². The Hall–Kier alpha value is -2.60. The number of benzene rings is 2. The average Bonchev–Trinajstić information content (AvgIpc) is 2.92. The Balaban J connectivity index is 1.44. The molecule has 1 aliphatic carbocycles. The van der Waals surface area contributed by atoms with Gasteiger partial charge >= 0.3 is 5.97 Å². The first kappa shape index (κ1) is 29.0. The van der Waals surface area contributed by atoms with Crippen molar-refractivity contribution in [1.29, 1.82) is 5.26 Å². The number of esters is 1. The number of hydrogen-bond acceptors (Lipinski definition) is 3. The van der Waals surface area contributed by atoms with Gasteiger partial charge in [-0.25, -0.2) is 0 Å². The molecule has 0 bridgehead atoms. The molecular weight excluding hydrogens is 454 g/mol. The minimum Gasteiger partial charge on any atom is -0.425 e. The minimum absolute atomic E-state index is 0.0829. The maximum atomic E-state index is 12.9. The zero-order valence-electron chi connectivity index (χ0n) is 23.4. The van der Waals surface area contributed by atoms with Gasteiger partial charge in [0.25, 0.3) is 0 Å². The van der Waals surface area contributed by atoms with E-state index < -0.39 is 0 Å². The van der Waals surface area contributed by atoms with E-state index in [-0.39, 0.29) is 11.9 Å². The molecule has 0 spiro atoms. The zero-order chi connectivity index (χ0) is 26.5. The largest absolute Gasteiger partial charge is 0.425 e. The molecular formula is C34H47NO2. The highest BCUT2D eigenvalue weighted by molar-refractivity contribution is 5.76. The number of rotatable bonds is 14. The second-order valence-electron chi connectivity index (χ2n) is 11.5. The van der Waals surface area contributed by atoms with Crippen molar-refractivity contribution < 1.29 is 9.53 Å². The van der Waals surface area contributed by atoms with Crippen molar-refractivity contribution in [1.82, 2.24) is 0 Å². The van der Waals surface area contributed by atoms with E-state index in [0.717, 1.165) is 56.4 Å². The first-order valence-electron chi connectivity index (χ1n) is 14.8. The molecule has 37 heavy (non-hydrogen) atoms. The van der Waals surface area contributed by atoms with Crippen LogP contribution in [0.3, 0.4) is 0 Å². The number of nitriles is 1. The Morgan fingerprint density at radius 2 is 1.54 bits per heavy atom. The highest BCUT2D eigenvalue weighted by atomic mass is 16.5. The van der Waals surface area contributed by atoms with Crippen LogP contribution in [0.4, 0.5) is 0 Å². The van der Waals surface area contributed by atoms with Crippen LogP contribution >= 0.6 is 0 Å². The van der Waals surface area contributed by atoms with Crippen molar-refractivity contribution in [2.45, 2.75) is 117 Å². The molecule has 3 heteroatoms. The summed E-state index contributed by atoms with van der Waals surface area (Å²) >= 11 is 0. The average molecular weight is 502 g/mol. The number of carbonyl (C=O) groups excluding carboxylic acids is 1. The summed E-state index contributed by atoms with van der Waals surface area (Å²) in [6.07, 6.45) is 16.0. The molecule has 0 saturated heterocycles. The van der Waals surface area contributed by atoms with E-state index in [0.29, 0.717) is 17.2 Å². The van der Waals surface area contributed by atoms with Gasteiger partial charge in [0, 0.05) is 0 Å².